The van der Waals surface area contributed by atoms with Crippen LogP contribution in [0.15, 0.2) is 217 Å². The second-order valence-corrected chi connectivity index (χ2v) is 15.9. The Morgan fingerprint density at radius 3 is 1.46 bits per heavy atom. The molecule has 0 saturated heterocycles. The van der Waals surface area contributed by atoms with Crippen molar-refractivity contribution in [2.24, 2.45) is 0 Å². The van der Waals surface area contributed by atoms with E-state index in [-0.39, 0.29) is 0 Å². The van der Waals surface area contributed by atoms with Gasteiger partial charge in [-0.05, 0) is 96.6 Å². The minimum absolute atomic E-state index is 0.469. The maximum Gasteiger partial charge on any atom is 0.160 e. The Bertz CT molecular complexity index is 3440. The summed E-state index contributed by atoms with van der Waals surface area (Å²) in [6, 6.07) is 77.8. The summed E-state index contributed by atoms with van der Waals surface area (Å²) in [5.74, 6) is 0. The van der Waals surface area contributed by atoms with Gasteiger partial charge in [0.1, 0.15) is 5.58 Å². The molecule has 2 aliphatic carbocycles. The highest BCUT2D eigenvalue weighted by molar-refractivity contribution is 6.31. The third-order valence-corrected chi connectivity index (χ3v) is 13.1. The van der Waals surface area contributed by atoms with E-state index >= 15 is 0 Å². The Morgan fingerprint density at radius 1 is 0.322 bits per heavy atom. The van der Waals surface area contributed by atoms with Gasteiger partial charge in [-0.2, -0.15) is 0 Å². The summed E-state index contributed by atoms with van der Waals surface area (Å²) in [7, 11) is 0. The largest absolute Gasteiger partial charge is 0.453 e. The third-order valence-electron chi connectivity index (χ3n) is 13.1. The standard InChI is InChI=1S/C57H35NO/c1-3-17-36(18-4-1)39-33-34-48-53-46-26-9-7-21-40(46)41-22-8-10-27-47(41)55(53)59-56(48)54(39)58(37-19-5-2-6-20-37)38-31-32-45-44-25-13-16-30-51(44)57(52(45)35-38)49-28-14-11-23-42(49)43-24-12-15-29-50(43)57/h1-35H. The SMILES string of the molecule is c1ccc(-c2ccc3c(oc4c5ccccc5c5ccccc5c34)c2N(c2ccccc2)c2ccc3c(c2)C2(c4ccccc4-c4ccccc42)c2ccccc2-3)cc1. The van der Waals surface area contributed by atoms with Crippen molar-refractivity contribution in [3.05, 3.63) is 235 Å². The van der Waals surface area contributed by atoms with E-state index in [1.165, 1.54) is 60.7 Å². The third kappa shape index (κ3) is 4.30. The highest BCUT2D eigenvalue weighted by Crippen LogP contribution is 2.63. The number of para-hydroxylation sites is 1. The number of hydrogen-bond acceptors (Lipinski definition) is 2. The van der Waals surface area contributed by atoms with Crippen LogP contribution in [0.4, 0.5) is 17.1 Å². The van der Waals surface area contributed by atoms with E-state index in [0.717, 1.165) is 55.5 Å². The van der Waals surface area contributed by atoms with Crippen molar-refractivity contribution in [1.29, 1.82) is 0 Å². The summed E-state index contributed by atoms with van der Waals surface area (Å²) in [5.41, 5.74) is 17.1. The Morgan fingerprint density at radius 2 is 0.814 bits per heavy atom. The summed E-state index contributed by atoms with van der Waals surface area (Å²) in [6.07, 6.45) is 0. The minimum Gasteiger partial charge on any atom is -0.453 e. The molecule has 0 N–H and O–H groups in total. The molecule has 10 aromatic carbocycles. The number of fused-ring (bicyclic) bond motifs is 18. The van der Waals surface area contributed by atoms with Gasteiger partial charge in [0.25, 0.3) is 0 Å². The van der Waals surface area contributed by atoms with E-state index in [1.54, 1.807) is 0 Å². The molecule has 274 valence electrons. The molecule has 2 aliphatic rings. The Hall–Kier alpha value is -7.68. The molecule has 0 unspecified atom stereocenters. The molecule has 0 atom stereocenters. The van der Waals surface area contributed by atoms with Gasteiger partial charge in [-0.1, -0.05) is 182 Å². The molecular weight excluding hydrogens is 715 g/mol. The van der Waals surface area contributed by atoms with Crippen LogP contribution < -0.4 is 4.90 Å². The zero-order valence-electron chi connectivity index (χ0n) is 32.1. The summed E-state index contributed by atoms with van der Waals surface area (Å²) >= 11 is 0. The topological polar surface area (TPSA) is 16.4 Å². The van der Waals surface area contributed by atoms with Gasteiger partial charge in [-0.3, -0.25) is 0 Å². The lowest BCUT2D eigenvalue weighted by Crippen LogP contribution is -2.26. The quantitative estimate of drug-likeness (QED) is 0.167. The lowest BCUT2D eigenvalue weighted by molar-refractivity contribution is 0.673. The molecule has 0 fully saturated rings. The van der Waals surface area contributed by atoms with Crippen molar-refractivity contribution in [3.63, 3.8) is 0 Å². The van der Waals surface area contributed by atoms with E-state index in [4.69, 9.17) is 4.42 Å². The van der Waals surface area contributed by atoms with Gasteiger partial charge in [0.2, 0.25) is 0 Å². The number of rotatable bonds is 4. The molecule has 13 rings (SSSR count). The first-order valence-corrected chi connectivity index (χ1v) is 20.4. The fourth-order valence-electron chi connectivity index (χ4n) is 10.7. The molecule has 1 spiro atoms. The molecule has 0 radical (unpaired) electrons. The fraction of sp³-hybridized carbons (Fsp3) is 0.0175. The van der Waals surface area contributed by atoms with Crippen LogP contribution in [-0.4, -0.2) is 0 Å². The summed E-state index contributed by atoms with van der Waals surface area (Å²) in [5, 5.41) is 6.98. The van der Waals surface area contributed by atoms with Gasteiger partial charge in [0.15, 0.2) is 5.58 Å². The first-order chi connectivity index (χ1) is 29.3. The van der Waals surface area contributed by atoms with E-state index in [0.29, 0.717) is 0 Å². The maximum atomic E-state index is 7.38. The Kier molecular flexibility index (Phi) is 6.68. The van der Waals surface area contributed by atoms with E-state index in [2.05, 4.69) is 217 Å². The molecule has 0 amide bonds. The zero-order chi connectivity index (χ0) is 38.7. The normalized spacial score (nSPS) is 13.2. The number of anilines is 3. The van der Waals surface area contributed by atoms with Crippen molar-refractivity contribution in [2.75, 3.05) is 4.90 Å². The van der Waals surface area contributed by atoms with Crippen LogP contribution in [0.5, 0.6) is 0 Å². The highest BCUT2D eigenvalue weighted by Gasteiger charge is 2.51. The maximum absolute atomic E-state index is 7.38. The van der Waals surface area contributed by atoms with Gasteiger partial charge in [0, 0.05) is 33.1 Å². The van der Waals surface area contributed by atoms with Crippen LogP contribution in [0, 0.1) is 0 Å². The second-order valence-electron chi connectivity index (χ2n) is 15.9. The molecule has 1 aromatic heterocycles. The molecule has 2 heteroatoms. The van der Waals surface area contributed by atoms with Gasteiger partial charge in [0.05, 0.1) is 11.1 Å². The van der Waals surface area contributed by atoms with E-state index in [9.17, 15) is 0 Å². The van der Waals surface area contributed by atoms with Gasteiger partial charge in [-0.25, -0.2) is 0 Å². The average molecular weight is 750 g/mol. The lowest BCUT2D eigenvalue weighted by atomic mass is 9.70. The number of furan rings is 1. The van der Waals surface area contributed by atoms with Crippen molar-refractivity contribution < 1.29 is 4.42 Å². The Balaban J connectivity index is 1.17. The first kappa shape index (κ1) is 32.4. The van der Waals surface area contributed by atoms with Crippen LogP contribution in [0.25, 0.3) is 76.9 Å². The molecule has 1 heterocycles. The second kappa shape index (κ2) is 12.2. The fourth-order valence-corrected chi connectivity index (χ4v) is 10.7. The van der Waals surface area contributed by atoms with Crippen molar-refractivity contribution in [3.8, 4) is 33.4 Å². The van der Waals surface area contributed by atoms with Crippen molar-refractivity contribution >= 4 is 60.5 Å². The lowest BCUT2D eigenvalue weighted by Gasteiger charge is -2.32. The molecule has 2 nitrogen and oxygen atoms in total. The van der Waals surface area contributed by atoms with Crippen LogP contribution in [-0.2, 0) is 5.41 Å². The number of nitrogens with zero attached hydrogens (tertiary/aromatic N) is 1. The van der Waals surface area contributed by atoms with Gasteiger partial charge in [-0.15, -0.1) is 0 Å². The molecule has 59 heavy (non-hydrogen) atoms. The molecule has 0 aliphatic heterocycles. The van der Waals surface area contributed by atoms with Crippen LogP contribution in [0.1, 0.15) is 22.3 Å². The van der Waals surface area contributed by atoms with Crippen LogP contribution in [0.2, 0.25) is 0 Å². The van der Waals surface area contributed by atoms with Crippen molar-refractivity contribution in [2.45, 2.75) is 5.41 Å². The van der Waals surface area contributed by atoms with E-state index in [1.807, 2.05) is 0 Å². The smallest absolute Gasteiger partial charge is 0.160 e. The zero-order valence-corrected chi connectivity index (χ0v) is 32.1. The van der Waals surface area contributed by atoms with Crippen molar-refractivity contribution in [1.82, 2.24) is 0 Å². The first-order valence-electron chi connectivity index (χ1n) is 20.4. The molecule has 0 saturated carbocycles. The van der Waals surface area contributed by atoms with Crippen LogP contribution in [0.3, 0.4) is 0 Å². The predicted molar refractivity (Wildman–Crippen MR) is 245 cm³/mol. The monoisotopic (exact) mass is 749 g/mol. The minimum atomic E-state index is -0.469. The summed E-state index contributed by atoms with van der Waals surface area (Å²) in [6.45, 7) is 0. The molecular formula is C57H35NO. The van der Waals surface area contributed by atoms with Crippen LogP contribution >= 0.6 is 0 Å². The highest BCUT2D eigenvalue weighted by atomic mass is 16.3. The van der Waals surface area contributed by atoms with E-state index < -0.39 is 5.41 Å². The number of hydrogen-bond donors (Lipinski definition) is 0. The Labute approximate surface area is 341 Å². The van der Waals surface area contributed by atoms with Gasteiger partial charge < -0.3 is 9.32 Å². The van der Waals surface area contributed by atoms with Gasteiger partial charge >= 0.3 is 0 Å². The average Bonchev–Trinajstić information content (AvgIpc) is 3.95. The predicted octanol–water partition coefficient (Wildman–Crippen LogP) is 15.4. The summed E-state index contributed by atoms with van der Waals surface area (Å²) in [4.78, 5) is 2.45. The number of benzene rings is 10. The molecule has 0 bridgehead atoms. The summed E-state index contributed by atoms with van der Waals surface area (Å²) < 4.78 is 7.38. The molecule has 11 aromatic rings.